The second kappa shape index (κ2) is 5.67. The van der Waals surface area contributed by atoms with Gasteiger partial charge in [0.25, 0.3) is 5.69 Å². The number of rotatable bonds is 4. The summed E-state index contributed by atoms with van der Waals surface area (Å²) in [6.07, 6.45) is 0. The third kappa shape index (κ3) is 2.96. The van der Waals surface area contributed by atoms with Gasteiger partial charge in [-0.3, -0.25) is 10.1 Å². The van der Waals surface area contributed by atoms with Crippen molar-refractivity contribution in [2.45, 2.75) is 6.54 Å². The number of anilines is 1. The first-order chi connectivity index (χ1) is 10.1. The lowest BCUT2D eigenvalue weighted by atomic mass is 10.1. The predicted octanol–water partition coefficient (Wildman–Crippen LogP) is 4.47. The van der Waals surface area contributed by atoms with E-state index in [1.165, 1.54) is 12.1 Å². The molecule has 0 aliphatic heterocycles. The van der Waals surface area contributed by atoms with E-state index in [0.717, 1.165) is 15.9 Å². The number of thiazole rings is 1. The fourth-order valence-electron chi connectivity index (χ4n) is 2.04. The van der Waals surface area contributed by atoms with Crippen molar-refractivity contribution < 1.29 is 4.92 Å². The highest BCUT2D eigenvalue weighted by atomic mass is 35.5. The largest absolute Gasteiger partial charge is 0.381 e. The first-order valence-corrected chi connectivity index (χ1v) is 7.39. The van der Waals surface area contributed by atoms with Gasteiger partial charge in [-0.25, -0.2) is 4.98 Å². The molecule has 2 aromatic carbocycles. The Morgan fingerprint density at radius 1 is 1.29 bits per heavy atom. The van der Waals surface area contributed by atoms with Crippen LogP contribution in [0.4, 0.5) is 11.4 Å². The van der Waals surface area contributed by atoms with Gasteiger partial charge in [-0.15, -0.1) is 11.3 Å². The smallest absolute Gasteiger partial charge is 0.274 e. The van der Waals surface area contributed by atoms with Crippen molar-refractivity contribution in [3.8, 4) is 0 Å². The van der Waals surface area contributed by atoms with E-state index in [1.807, 2.05) is 18.2 Å². The molecule has 0 radical (unpaired) electrons. The van der Waals surface area contributed by atoms with E-state index in [-0.39, 0.29) is 5.69 Å². The fraction of sp³-hybridized carbons (Fsp3) is 0.0714. The van der Waals surface area contributed by atoms with Gasteiger partial charge in [0.1, 0.15) is 0 Å². The van der Waals surface area contributed by atoms with Crippen molar-refractivity contribution >= 4 is 44.5 Å². The topological polar surface area (TPSA) is 68.1 Å². The summed E-state index contributed by atoms with van der Waals surface area (Å²) in [7, 11) is 0. The lowest BCUT2D eigenvalue weighted by molar-refractivity contribution is -0.385. The Hall–Kier alpha value is -2.18. The van der Waals surface area contributed by atoms with Crippen molar-refractivity contribution in [2.75, 3.05) is 5.32 Å². The summed E-state index contributed by atoms with van der Waals surface area (Å²) < 4.78 is 1.07. The van der Waals surface area contributed by atoms with Crippen LogP contribution in [0.5, 0.6) is 0 Å². The van der Waals surface area contributed by atoms with Gasteiger partial charge in [0.2, 0.25) is 0 Å². The number of nitro groups is 1. The van der Waals surface area contributed by atoms with Gasteiger partial charge in [-0.2, -0.15) is 0 Å². The number of hydrogen-bond acceptors (Lipinski definition) is 5. The van der Waals surface area contributed by atoms with Crippen LogP contribution in [0.2, 0.25) is 5.02 Å². The van der Waals surface area contributed by atoms with Gasteiger partial charge >= 0.3 is 0 Å². The third-order valence-corrected chi connectivity index (χ3v) is 4.08. The molecule has 0 saturated heterocycles. The molecule has 3 aromatic rings. The Kier molecular flexibility index (Phi) is 3.72. The van der Waals surface area contributed by atoms with Crippen LogP contribution >= 0.6 is 22.9 Å². The maximum atomic E-state index is 11.0. The minimum Gasteiger partial charge on any atom is -0.381 e. The van der Waals surface area contributed by atoms with Crippen LogP contribution in [-0.4, -0.2) is 9.91 Å². The molecule has 3 rings (SSSR count). The standard InChI is InChI=1S/C14H10ClN3O2S/c15-10-1-4-13(18(19)20)9(5-10)7-16-11-2-3-12-14(6-11)21-8-17-12/h1-6,8,16H,7H2. The zero-order valence-corrected chi connectivity index (χ0v) is 12.3. The lowest BCUT2D eigenvalue weighted by Crippen LogP contribution is -2.03. The summed E-state index contributed by atoms with van der Waals surface area (Å²) in [5, 5.41) is 14.7. The van der Waals surface area contributed by atoms with Crippen LogP contribution in [0.3, 0.4) is 0 Å². The summed E-state index contributed by atoms with van der Waals surface area (Å²) >= 11 is 7.46. The Morgan fingerprint density at radius 3 is 2.95 bits per heavy atom. The number of fused-ring (bicyclic) bond motifs is 1. The number of benzene rings is 2. The number of halogens is 1. The van der Waals surface area contributed by atoms with Crippen molar-refractivity contribution in [3.63, 3.8) is 0 Å². The van der Waals surface area contributed by atoms with Crippen molar-refractivity contribution in [1.29, 1.82) is 0 Å². The number of aromatic nitrogens is 1. The Balaban J connectivity index is 1.83. The first-order valence-electron chi connectivity index (χ1n) is 6.13. The second-order valence-corrected chi connectivity index (χ2v) is 5.74. The molecule has 0 saturated carbocycles. The van der Waals surface area contributed by atoms with E-state index in [2.05, 4.69) is 10.3 Å². The molecule has 7 heteroatoms. The third-order valence-electron chi connectivity index (χ3n) is 3.05. The highest BCUT2D eigenvalue weighted by Gasteiger charge is 2.13. The van der Waals surface area contributed by atoms with Gasteiger partial charge in [0, 0.05) is 23.3 Å². The van der Waals surface area contributed by atoms with Crippen LogP contribution in [-0.2, 0) is 6.54 Å². The molecule has 106 valence electrons. The second-order valence-electron chi connectivity index (χ2n) is 4.42. The molecule has 0 bridgehead atoms. The lowest BCUT2D eigenvalue weighted by Gasteiger charge is -2.07. The zero-order valence-electron chi connectivity index (χ0n) is 10.7. The van der Waals surface area contributed by atoms with Gasteiger partial charge in [0.15, 0.2) is 0 Å². The summed E-state index contributed by atoms with van der Waals surface area (Å²) in [4.78, 5) is 14.8. The van der Waals surface area contributed by atoms with Crippen molar-refractivity contribution in [3.05, 3.63) is 62.6 Å². The minimum atomic E-state index is -0.403. The van der Waals surface area contributed by atoms with Crippen molar-refractivity contribution in [2.24, 2.45) is 0 Å². The van der Waals surface area contributed by atoms with Gasteiger partial charge in [-0.1, -0.05) is 11.6 Å². The molecule has 1 N–H and O–H groups in total. The minimum absolute atomic E-state index is 0.0609. The average Bonchev–Trinajstić information content (AvgIpc) is 2.92. The first kappa shape index (κ1) is 13.8. The molecular formula is C14H10ClN3O2S. The maximum Gasteiger partial charge on any atom is 0.274 e. The molecule has 0 fully saturated rings. The van der Waals surface area contributed by atoms with E-state index in [9.17, 15) is 10.1 Å². The van der Waals surface area contributed by atoms with E-state index in [1.54, 1.807) is 22.9 Å². The van der Waals surface area contributed by atoms with Gasteiger partial charge in [0.05, 0.1) is 26.2 Å². The number of hydrogen-bond donors (Lipinski definition) is 1. The molecule has 0 aliphatic rings. The van der Waals surface area contributed by atoms with Crippen LogP contribution in [0.15, 0.2) is 41.9 Å². The average molecular weight is 320 g/mol. The van der Waals surface area contributed by atoms with Crippen LogP contribution in [0.1, 0.15) is 5.56 Å². The van der Waals surface area contributed by atoms with E-state index >= 15 is 0 Å². The molecule has 0 unspecified atom stereocenters. The molecular weight excluding hydrogens is 310 g/mol. The van der Waals surface area contributed by atoms with E-state index < -0.39 is 4.92 Å². The normalized spacial score (nSPS) is 10.7. The van der Waals surface area contributed by atoms with Crippen molar-refractivity contribution in [1.82, 2.24) is 4.98 Å². The Bertz CT molecular complexity index is 819. The van der Waals surface area contributed by atoms with Gasteiger partial charge in [-0.05, 0) is 30.3 Å². The molecule has 5 nitrogen and oxygen atoms in total. The Morgan fingerprint density at radius 2 is 2.14 bits per heavy atom. The van der Waals surface area contributed by atoms with E-state index in [0.29, 0.717) is 17.1 Å². The van der Waals surface area contributed by atoms with Crippen LogP contribution < -0.4 is 5.32 Å². The summed E-state index contributed by atoms with van der Waals surface area (Å²) in [6.45, 7) is 0.335. The number of nitrogens with zero attached hydrogens (tertiary/aromatic N) is 2. The van der Waals surface area contributed by atoms with Crippen LogP contribution in [0, 0.1) is 10.1 Å². The Labute approximate surface area is 129 Å². The zero-order chi connectivity index (χ0) is 14.8. The molecule has 0 spiro atoms. The highest BCUT2D eigenvalue weighted by Crippen LogP contribution is 2.25. The number of nitrogens with one attached hydrogen (secondary N) is 1. The van der Waals surface area contributed by atoms with Crippen LogP contribution in [0.25, 0.3) is 10.2 Å². The fourth-order valence-corrected chi connectivity index (χ4v) is 2.95. The quantitative estimate of drug-likeness (QED) is 0.569. The molecule has 0 aliphatic carbocycles. The maximum absolute atomic E-state index is 11.0. The molecule has 0 amide bonds. The SMILES string of the molecule is O=[N+]([O-])c1ccc(Cl)cc1CNc1ccc2ncsc2c1. The molecule has 1 heterocycles. The molecule has 1 aromatic heterocycles. The number of nitro benzene ring substituents is 1. The molecule has 21 heavy (non-hydrogen) atoms. The van der Waals surface area contributed by atoms with Gasteiger partial charge < -0.3 is 5.32 Å². The summed E-state index contributed by atoms with van der Waals surface area (Å²) in [5.41, 5.74) is 4.24. The predicted molar refractivity (Wildman–Crippen MR) is 85.1 cm³/mol. The summed E-state index contributed by atoms with van der Waals surface area (Å²) in [6, 6.07) is 10.3. The summed E-state index contributed by atoms with van der Waals surface area (Å²) in [5.74, 6) is 0. The highest BCUT2D eigenvalue weighted by molar-refractivity contribution is 7.16. The molecule has 0 atom stereocenters. The van der Waals surface area contributed by atoms with E-state index in [4.69, 9.17) is 11.6 Å². The monoisotopic (exact) mass is 319 g/mol.